The van der Waals surface area contributed by atoms with Crippen molar-refractivity contribution in [3.63, 3.8) is 0 Å². The summed E-state index contributed by atoms with van der Waals surface area (Å²) in [7, 11) is 0. The zero-order chi connectivity index (χ0) is 13.2. The molecule has 1 heterocycles. The quantitative estimate of drug-likeness (QED) is 0.834. The highest BCUT2D eigenvalue weighted by Gasteiger charge is 2.37. The second kappa shape index (κ2) is 5.36. The van der Waals surface area contributed by atoms with E-state index in [2.05, 4.69) is 0 Å². The van der Waals surface area contributed by atoms with Crippen molar-refractivity contribution >= 4 is 0 Å². The maximum atomic E-state index is 10.1. The number of hydrogen-bond acceptors (Lipinski definition) is 4. The molecule has 1 fully saturated rings. The van der Waals surface area contributed by atoms with Gasteiger partial charge in [-0.05, 0) is 26.3 Å². The molecular formula is C14H21NO3. The van der Waals surface area contributed by atoms with Crippen LogP contribution in [0, 0.1) is 0 Å². The van der Waals surface area contributed by atoms with Gasteiger partial charge in [0.05, 0.1) is 12.6 Å². The summed E-state index contributed by atoms with van der Waals surface area (Å²) < 4.78 is 11.3. The van der Waals surface area contributed by atoms with Gasteiger partial charge in [0.1, 0.15) is 6.10 Å². The lowest BCUT2D eigenvalue weighted by molar-refractivity contribution is -0.184. The predicted molar refractivity (Wildman–Crippen MR) is 68.1 cm³/mol. The Hall–Kier alpha value is -0.940. The minimum absolute atomic E-state index is 0.103. The standard InChI is InChI=1S/C14H21NO3/c1-11(13-10-17-14(2,3)18-13)15(16)9-12-7-5-4-6-8-12/h4-8,11,13,16H,9-10H2,1-3H3. The lowest BCUT2D eigenvalue weighted by atomic mass is 10.1. The maximum absolute atomic E-state index is 10.1. The van der Waals surface area contributed by atoms with E-state index in [4.69, 9.17) is 9.47 Å². The zero-order valence-electron chi connectivity index (χ0n) is 11.2. The van der Waals surface area contributed by atoms with Crippen molar-refractivity contribution in [3.8, 4) is 0 Å². The van der Waals surface area contributed by atoms with Gasteiger partial charge in [-0.2, -0.15) is 5.06 Å². The van der Waals surface area contributed by atoms with Crippen LogP contribution in [0.25, 0.3) is 0 Å². The van der Waals surface area contributed by atoms with Crippen LogP contribution in [0.5, 0.6) is 0 Å². The van der Waals surface area contributed by atoms with Crippen molar-refractivity contribution in [2.75, 3.05) is 6.61 Å². The molecule has 18 heavy (non-hydrogen) atoms. The first kappa shape index (κ1) is 13.5. The second-order valence-corrected chi connectivity index (χ2v) is 5.19. The molecule has 0 saturated carbocycles. The van der Waals surface area contributed by atoms with E-state index >= 15 is 0 Å². The molecule has 4 nitrogen and oxygen atoms in total. The van der Waals surface area contributed by atoms with Crippen LogP contribution in [0.2, 0.25) is 0 Å². The topological polar surface area (TPSA) is 41.9 Å². The van der Waals surface area contributed by atoms with E-state index in [0.717, 1.165) is 5.56 Å². The van der Waals surface area contributed by atoms with Crippen LogP contribution >= 0.6 is 0 Å². The minimum atomic E-state index is -0.549. The van der Waals surface area contributed by atoms with E-state index in [9.17, 15) is 5.21 Å². The number of rotatable bonds is 4. The molecule has 100 valence electrons. The Morgan fingerprint density at radius 3 is 2.61 bits per heavy atom. The van der Waals surface area contributed by atoms with Crippen LogP contribution < -0.4 is 0 Å². The van der Waals surface area contributed by atoms with E-state index in [1.165, 1.54) is 5.06 Å². The summed E-state index contributed by atoms with van der Waals surface area (Å²) in [4.78, 5) is 0. The lowest BCUT2D eigenvalue weighted by Gasteiger charge is -2.27. The van der Waals surface area contributed by atoms with Crippen LogP contribution in [0.4, 0.5) is 0 Å². The Bertz CT molecular complexity index is 380. The van der Waals surface area contributed by atoms with Crippen molar-refractivity contribution in [3.05, 3.63) is 35.9 Å². The van der Waals surface area contributed by atoms with Crippen molar-refractivity contribution in [2.24, 2.45) is 0 Å². The molecule has 0 aromatic heterocycles. The van der Waals surface area contributed by atoms with Gasteiger partial charge in [-0.1, -0.05) is 30.3 Å². The fourth-order valence-corrected chi connectivity index (χ4v) is 2.06. The summed E-state index contributed by atoms with van der Waals surface area (Å²) in [5, 5.41) is 11.4. The highest BCUT2D eigenvalue weighted by Crippen LogP contribution is 2.26. The average molecular weight is 251 g/mol. The summed E-state index contributed by atoms with van der Waals surface area (Å²) in [6, 6.07) is 9.77. The van der Waals surface area contributed by atoms with Gasteiger partial charge in [-0.25, -0.2) is 0 Å². The second-order valence-electron chi connectivity index (χ2n) is 5.19. The molecule has 0 amide bonds. The Balaban J connectivity index is 1.91. The van der Waals surface area contributed by atoms with Crippen LogP contribution in [0.3, 0.4) is 0 Å². The Morgan fingerprint density at radius 1 is 1.39 bits per heavy atom. The first-order chi connectivity index (χ1) is 8.48. The van der Waals surface area contributed by atoms with Crippen molar-refractivity contribution < 1.29 is 14.7 Å². The third-order valence-electron chi connectivity index (χ3n) is 3.23. The predicted octanol–water partition coefficient (Wildman–Crippen LogP) is 2.42. The third-order valence-corrected chi connectivity index (χ3v) is 3.23. The van der Waals surface area contributed by atoms with Gasteiger partial charge in [-0.15, -0.1) is 0 Å². The molecule has 1 saturated heterocycles. The SMILES string of the molecule is CC(C1COC(C)(C)O1)N(O)Cc1ccccc1. The van der Waals surface area contributed by atoms with E-state index < -0.39 is 5.79 Å². The maximum Gasteiger partial charge on any atom is 0.163 e. The molecule has 2 rings (SSSR count). The molecular weight excluding hydrogens is 230 g/mol. The third kappa shape index (κ3) is 3.29. The van der Waals surface area contributed by atoms with E-state index in [0.29, 0.717) is 13.2 Å². The van der Waals surface area contributed by atoms with Gasteiger partial charge in [0.2, 0.25) is 0 Å². The first-order valence-corrected chi connectivity index (χ1v) is 6.29. The van der Waals surface area contributed by atoms with Crippen molar-refractivity contribution in [2.45, 2.75) is 45.2 Å². The van der Waals surface area contributed by atoms with Gasteiger partial charge in [-0.3, -0.25) is 0 Å². The van der Waals surface area contributed by atoms with Gasteiger partial charge in [0, 0.05) is 6.54 Å². The normalized spacial score (nSPS) is 24.4. The van der Waals surface area contributed by atoms with Gasteiger partial charge < -0.3 is 14.7 Å². The molecule has 1 N–H and O–H groups in total. The average Bonchev–Trinajstić information content (AvgIpc) is 2.70. The first-order valence-electron chi connectivity index (χ1n) is 6.29. The smallest absolute Gasteiger partial charge is 0.163 e. The fourth-order valence-electron chi connectivity index (χ4n) is 2.06. The van der Waals surface area contributed by atoms with Crippen molar-refractivity contribution in [1.29, 1.82) is 0 Å². The summed E-state index contributed by atoms with van der Waals surface area (Å²) in [6.45, 7) is 6.72. The largest absolute Gasteiger partial charge is 0.348 e. The van der Waals surface area contributed by atoms with Crippen LogP contribution in [0.15, 0.2) is 30.3 Å². The van der Waals surface area contributed by atoms with Crippen LogP contribution in [-0.2, 0) is 16.0 Å². The Morgan fingerprint density at radius 2 is 2.06 bits per heavy atom. The summed E-state index contributed by atoms with van der Waals surface area (Å²) in [6.07, 6.45) is -0.103. The molecule has 0 radical (unpaired) electrons. The molecule has 4 heteroatoms. The molecule has 1 aromatic rings. The molecule has 1 aliphatic rings. The summed E-state index contributed by atoms with van der Waals surface area (Å²) >= 11 is 0. The number of nitrogens with zero attached hydrogens (tertiary/aromatic N) is 1. The number of benzene rings is 1. The number of ether oxygens (including phenoxy) is 2. The van der Waals surface area contributed by atoms with Crippen LogP contribution in [-0.4, -0.2) is 34.8 Å². The highest BCUT2D eigenvalue weighted by atomic mass is 16.7. The van der Waals surface area contributed by atoms with Gasteiger partial charge in [0.25, 0.3) is 0 Å². The molecule has 1 aromatic carbocycles. The molecule has 0 spiro atoms. The molecule has 0 aliphatic carbocycles. The van der Waals surface area contributed by atoms with E-state index in [1.54, 1.807) is 0 Å². The lowest BCUT2D eigenvalue weighted by Crippen LogP contribution is -2.41. The molecule has 0 bridgehead atoms. The number of hydrogen-bond donors (Lipinski definition) is 1. The van der Waals surface area contributed by atoms with Gasteiger partial charge >= 0.3 is 0 Å². The number of hydroxylamine groups is 2. The molecule has 1 aliphatic heterocycles. The van der Waals surface area contributed by atoms with E-state index in [-0.39, 0.29) is 12.1 Å². The Kier molecular flexibility index (Phi) is 4.02. The summed E-state index contributed by atoms with van der Waals surface area (Å²) in [5.41, 5.74) is 1.07. The minimum Gasteiger partial charge on any atom is -0.348 e. The fraction of sp³-hybridized carbons (Fsp3) is 0.571. The molecule has 2 atom stereocenters. The monoisotopic (exact) mass is 251 g/mol. The van der Waals surface area contributed by atoms with Gasteiger partial charge in [0.15, 0.2) is 5.79 Å². The zero-order valence-corrected chi connectivity index (χ0v) is 11.2. The summed E-state index contributed by atoms with van der Waals surface area (Å²) in [5.74, 6) is -0.549. The molecule has 2 unspecified atom stereocenters. The van der Waals surface area contributed by atoms with E-state index in [1.807, 2.05) is 51.1 Å². The van der Waals surface area contributed by atoms with Crippen molar-refractivity contribution in [1.82, 2.24) is 5.06 Å². The Labute approximate surface area is 108 Å². The highest BCUT2D eigenvalue weighted by molar-refractivity contribution is 5.14. The van der Waals surface area contributed by atoms with Crippen LogP contribution in [0.1, 0.15) is 26.3 Å².